The Morgan fingerprint density at radius 1 is 1.17 bits per heavy atom. The van der Waals surface area contributed by atoms with Crippen LogP contribution < -0.4 is 5.32 Å². The Kier molecular flexibility index (Phi) is 2.82. The molecule has 0 bridgehead atoms. The van der Waals surface area contributed by atoms with Crippen molar-refractivity contribution in [3.8, 4) is 0 Å². The number of H-pyrrole nitrogens is 1. The van der Waals surface area contributed by atoms with E-state index in [1.807, 2.05) is 24.3 Å². The number of hydrogen-bond donors (Lipinski definition) is 2. The molecule has 0 unspecified atom stereocenters. The molecule has 1 aromatic carbocycles. The molecule has 5 nitrogen and oxygen atoms in total. The van der Waals surface area contributed by atoms with Gasteiger partial charge in [-0.2, -0.15) is 0 Å². The summed E-state index contributed by atoms with van der Waals surface area (Å²) in [4.78, 5) is 6.98. The van der Waals surface area contributed by atoms with Crippen LogP contribution in [0.2, 0.25) is 5.15 Å². The fourth-order valence-electron chi connectivity index (χ4n) is 1.76. The van der Waals surface area contributed by atoms with Crippen LogP contribution in [0.3, 0.4) is 0 Å². The largest absolute Gasteiger partial charge is 0.362 e. The van der Waals surface area contributed by atoms with E-state index in [0.717, 1.165) is 16.5 Å². The molecule has 0 saturated carbocycles. The Bertz CT molecular complexity index is 665. The number of aromatic amines is 1. The summed E-state index contributed by atoms with van der Waals surface area (Å²) in [5.41, 5.74) is 0.982. The molecule has 18 heavy (non-hydrogen) atoms. The van der Waals surface area contributed by atoms with Crippen LogP contribution in [0, 0.1) is 0 Å². The van der Waals surface area contributed by atoms with Crippen LogP contribution in [-0.4, -0.2) is 20.2 Å². The lowest BCUT2D eigenvalue weighted by atomic mass is 10.2. The van der Waals surface area contributed by atoms with Gasteiger partial charge in [0.1, 0.15) is 0 Å². The highest BCUT2D eigenvalue weighted by atomic mass is 35.5. The summed E-state index contributed by atoms with van der Waals surface area (Å²) in [5.74, 6) is 0.713. The molecular weight excluding hydrogens is 250 g/mol. The zero-order chi connectivity index (χ0) is 12.4. The molecule has 0 fully saturated rings. The van der Waals surface area contributed by atoms with Gasteiger partial charge in [0.25, 0.3) is 0 Å². The molecule has 0 saturated heterocycles. The third-order valence-electron chi connectivity index (χ3n) is 2.64. The van der Waals surface area contributed by atoms with Crippen molar-refractivity contribution >= 4 is 28.2 Å². The molecule has 0 aliphatic carbocycles. The lowest BCUT2D eigenvalue weighted by molar-refractivity contribution is 0.999. The molecule has 0 atom stereocenters. The van der Waals surface area contributed by atoms with E-state index >= 15 is 0 Å². The van der Waals surface area contributed by atoms with Gasteiger partial charge in [-0.05, 0) is 0 Å². The van der Waals surface area contributed by atoms with Gasteiger partial charge in [-0.25, -0.2) is 4.98 Å². The van der Waals surface area contributed by atoms with E-state index in [-0.39, 0.29) is 0 Å². The predicted octanol–water partition coefficient (Wildman–Crippen LogP) is 2.62. The second-order valence-corrected chi connectivity index (χ2v) is 4.17. The molecule has 90 valence electrons. The van der Waals surface area contributed by atoms with Gasteiger partial charge < -0.3 is 10.3 Å². The number of imidazole rings is 1. The maximum atomic E-state index is 6.01. The first-order valence-electron chi connectivity index (χ1n) is 5.46. The molecule has 6 heteroatoms. The lowest BCUT2D eigenvalue weighted by Crippen LogP contribution is -2.03. The Morgan fingerprint density at radius 2 is 2.00 bits per heavy atom. The van der Waals surface area contributed by atoms with Crippen LogP contribution in [-0.2, 0) is 6.54 Å². The van der Waals surface area contributed by atoms with E-state index in [9.17, 15) is 0 Å². The monoisotopic (exact) mass is 259 g/mol. The minimum Gasteiger partial charge on any atom is -0.362 e. The summed E-state index contributed by atoms with van der Waals surface area (Å²) in [6.07, 6.45) is 3.40. The van der Waals surface area contributed by atoms with E-state index < -0.39 is 0 Å². The highest BCUT2D eigenvalue weighted by Gasteiger charge is 2.06. The van der Waals surface area contributed by atoms with E-state index in [1.165, 1.54) is 0 Å². The van der Waals surface area contributed by atoms with Crippen molar-refractivity contribution in [3.05, 3.63) is 47.6 Å². The smallest absolute Gasteiger partial charge is 0.159 e. The Morgan fingerprint density at radius 3 is 2.78 bits per heavy atom. The predicted molar refractivity (Wildman–Crippen MR) is 70.5 cm³/mol. The molecule has 2 heterocycles. The summed E-state index contributed by atoms with van der Waals surface area (Å²) in [6, 6.07) is 7.76. The maximum absolute atomic E-state index is 6.01. The van der Waals surface area contributed by atoms with Gasteiger partial charge >= 0.3 is 0 Å². The molecular formula is C12H10ClN5. The van der Waals surface area contributed by atoms with Crippen LogP contribution >= 0.6 is 11.6 Å². The summed E-state index contributed by atoms with van der Waals surface area (Å²) in [6.45, 7) is 0.611. The number of halogens is 1. The molecule has 2 N–H and O–H groups in total. The van der Waals surface area contributed by atoms with E-state index in [4.69, 9.17) is 11.6 Å². The second-order valence-electron chi connectivity index (χ2n) is 3.82. The standard InChI is InChI=1S/C12H10ClN5/c13-11-9-3-1-2-4-10(9)12(18-17-11)15-6-8-5-14-7-16-8/h1-5,7H,6H2,(H,14,16)(H,15,18). The third-order valence-corrected chi connectivity index (χ3v) is 2.92. The van der Waals surface area contributed by atoms with E-state index in [0.29, 0.717) is 17.5 Å². The van der Waals surface area contributed by atoms with Crippen molar-refractivity contribution in [2.75, 3.05) is 5.32 Å². The number of anilines is 1. The van der Waals surface area contributed by atoms with E-state index in [2.05, 4.69) is 25.5 Å². The van der Waals surface area contributed by atoms with Crippen molar-refractivity contribution < 1.29 is 0 Å². The van der Waals surface area contributed by atoms with Gasteiger partial charge in [-0.3, -0.25) is 0 Å². The van der Waals surface area contributed by atoms with Gasteiger partial charge in [0.15, 0.2) is 11.0 Å². The van der Waals surface area contributed by atoms with Crippen molar-refractivity contribution in [2.24, 2.45) is 0 Å². The SMILES string of the molecule is Clc1nnc(NCc2cnc[nH]2)c2ccccc12. The molecule has 0 radical (unpaired) electrons. The van der Waals surface area contributed by atoms with Crippen molar-refractivity contribution in [1.29, 1.82) is 0 Å². The summed E-state index contributed by atoms with van der Waals surface area (Å²) in [7, 11) is 0. The van der Waals surface area contributed by atoms with Crippen molar-refractivity contribution in [3.63, 3.8) is 0 Å². The van der Waals surface area contributed by atoms with Crippen molar-refractivity contribution in [2.45, 2.75) is 6.54 Å². The van der Waals surface area contributed by atoms with Crippen LogP contribution in [0.15, 0.2) is 36.8 Å². The number of hydrogen-bond acceptors (Lipinski definition) is 4. The number of benzene rings is 1. The number of nitrogens with one attached hydrogen (secondary N) is 2. The van der Waals surface area contributed by atoms with Crippen LogP contribution in [0.5, 0.6) is 0 Å². The normalized spacial score (nSPS) is 10.7. The van der Waals surface area contributed by atoms with Gasteiger partial charge in [0, 0.05) is 17.0 Å². The van der Waals surface area contributed by atoms with Gasteiger partial charge in [0.05, 0.1) is 18.6 Å². The second kappa shape index (κ2) is 4.62. The molecule has 0 amide bonds. The van der Waals surface area contributed by atoms with Crippen LogP contribution in [0.4, 0.5) is 5.82 Å². The fourth-order valence-corrected chi connectivity index (χ4v) is 1.96. The third kappa shape index (κ3) is 2.00. The Balaban J connectivity index is 1.94. The number of nitrogens with zero attached hydrogens (tertiary/aromatic N) is 3. The first-order chi connectivity index (χ1) is 8.84. The van der Waals surface area contributed by atoms with Crippen LogP contribution in [0.25, 0.3) is 10.8 Å². The quantitative estimate of drug-likeness (QED) is 0.759. The zero-order valence-corrected chi connectivity index (χ0v) is 10.1. The summed E-state index contributed by atoms with van der Waals surface area (Å²) >= 11 is 6.01. The number of fused-ring (bicyclic) bond motifs is 1. The topological polar surface area (TPSA) is 66.5 Å². The average molecular weight is 260 g/mol. The minimum absolute atomic E-state index is 0.415. The molecule has 0 aliphatic heterocycles. The molecule has 3 aromatic rings. The number of aromatic nitrogens is 4. The Hall–Kier alpha value is -2.14. The van der Waals surface area contributed by atoms with Gasteiger partial charge in [-0.15, -0.1) is 10.2 Å². The highest BCUT2D eigenvalue weighted by molar-refractivity contribution is 6.34. The molecule has 0 spiro atoms. The number of rotatable bonds is 3. The first-order valence-corrected chi connectivity index (χ1v) is 5.84. The molecule has 2 aromatic heterocycles. The van der Waals surface area contributed by atoms with Crippen LogP contribution in [0.1, 0.15) is 5.69 Å². The van der Waals surface area contributed by atoms with E-state index in [1.54, 1.807) is 12.5 Å². The van der Waals surface area contributed by atoms with Gasteiger partial charge in [-0.1, -0.05) is 35.9 Å². The average Bonchev–Trinajstić information content (AvgIpc) is 2.92. The molecule has 0 aliphatic rings. The summed E-state index contributed by atoms with van der Waals surface area (Å²) in [5, 5.41) is 13.5. The molecule has 3 rings (SSSR count). The lowest BCUT2D eigenvalue weighted by Gasteiger charge is -2.07. The highest BCUT2D eigenvalue weighted by Crippen LogP contribution is 2.25. The fraction of sp³-hybridized carbons (Fsp3) is 0.0833. The summed E-state index contributed by atoms with van der Waals surface area (Å²) < 4.78 is 0. The Labute approximate surface area is 108 Å². The van der Waals surface area contributed by atoms with Gasteiger partial charge in [0.2, 0.25) is 0 Å². The minimum atomic E-state index is 0.415. The zero-order valence-electron chi connectivity index (χ0n) is 9.39. The maximum Gasteiger partial charge on any atom is 0.159 e. The van der Waals surface area contributed by atoms with Crippen molar-refractivity contribution in [1.82, 2.24) is 20.2 Å². The first kappa shape index (κ1) is 11.0.